The van der Waals surface area contributed by atoms with E-state index in [2.05, 4.69) is 37.4 Å². The molecule has 29 heavy (non-hydrogen) atoms. The van der Waals surface area contributed by atoms with Crippen molar-refractivity contribution in [3.8, 4) is 22.3 Å². The van der Waals surface area contributed by atoms with E-state index in [4.69, 9.17) is 11.6 Å². The number of nitrogens with one attached hydrogen (secondary N) is 1. The molecule has 146 valence electrons. The van der Waals surface area contributed by atoms with Crippen LogP contribution in [0.2, 0.25) is 5.02 Å². The number of aryl methyl sites for hydroxylation is 2. The number of halogens is 2. The van der Waals surface area contributed by atoms with Crippen molar-refractivity contribution in [2.75, 3.05) is 5.32 Å². The Hall–Kier alpha value is -2.62. The number of rotatable bonds is 4. The maximum atomic E-state index is 14.1. The number of thiophene rings is 1. The minimum absolute atomic E-state index is 0.202. The van der Waals surface area contributed by atoms with Gasteiger partial charge in [0, 0.05) is 26.7 Å². The fraction of sp³-hybridized carbons (Fsp3) is 0.120. The Kier molecular flexibility index (Phi) is 5.44. The highest BCUT2D eigenvalue weighted by molar-refractivity contribution is 7.16. The van der Waals surface area contributed by atoms with Crippen LogP contribution >= 0.6 is 22.9 Å². The summed E-state index contributed by atoms with van der Waals surface area (Å²) in [4.78, 5) is 1.24. The molecular weight excluding hydrogens is 401 g/mol. The highest BCUT2D eigenvalue weighted by atomic mass is 35.5. The molecule has 1 heterocycles. The molecular formula is C25H21ClFNS. The molecule has 0 radical (unpaired) electrons. The summed E-state index contributed by atoms with van der Waals surface area (Å²) >= 11 is 7.93. The fourth-order valence-electron chi connectivity index (χ4n) is 3.65. The van der Waals surface area contributed by atoms with Gasteiger partial charge in [0.25, 0.3) is 0 Å². The Morgan fingerprint density at radius 3 is 2.24 bits per heavy atom. The fourth-order valence-corrected chi connectivity index (χ4v) is 5.04. The molecule has 0 aliphatic carbocycles. The van der Waals surface area contributed by atoms with Crippen molar-refractivity contribution in [1.29, 1.82) is 0 Å². The van der Waals surface area contributed by atoms with Crippen molar-refractivity contribution < 1.29 is 4.39 Å². The molecule has 0 amide bonds. The number of anilines is 2. The topological polar surface area (TPSA) is 12.0 Å². The van der Waals surface area contributed by atoms with Crippen LogP contribution in [0, 0.1) is 26.6 Å². The predicted octanol–water partition coefficient (Wildman–Crippen LogP) is 8.54. The van der Waals surface area contributed by atoms with E-state index in [1.54, 1.807) is 23.5 Å². The largest absolute Gasteiger partial charge is 0.347 e. The molecule has 4 heteroatoms. The SMILES string of the molecule is Cc1cc(Cl)cc(Nc2sc(C)c(-c3ccc(-c4ccccc4F)cc3)c2C)c1. The summed E-state index contributed by atoms with van der Waals surface area (Å²) in [6.07, 6.45) is 0. The van der Waals surface area contributed by atoms with Crippen molar-refractivity contribution in [2.45, 2.75) is 20.8 Å². The van der Waals surface area contributed by atoms with E-state index in [1.807, 2.05) is 37.3 Å². The minimum atomic E-state index is -0.202. The van der Waals surface area contributed by atoms with Gasteiger partial charge in [-0.3, -0.25) is 0 Å². The van der Waals surface area contributed by atoms with Crippen LogP contribution in [0.15, 0.2) is 66.7 Å². The third-order valence-electron chi connectivity index (χ3n) is 4.98. The first-order chi connectivity index (χ1) is 13.9. The molecule has 0 spiro atoms. The molecule has 3 aromatic carbocycles. The Bertz CT molecular complexity index is 1160. The van der Waals surface area contributed by atoms with Crippen LogP contribution in [0.5, 0.6) is 0 Å². The van der Waals surface area contributed by atoms with Gasteiger partial charge < -0.3 is 5.32 Å². The second kappa shape index (κ2) is 8.02. The third kappa shape index (κ3) is 4.07. The summed E-state index contributed by atoms with van der Waals surface area (Å²) < 4.78 is 14.1. The molecule has 0 unspecified atom stereocenters. The molecule has 0 atom stereocenters. The van der Waals surface area contributed by atoms with E-state index in [1.165, 1.54) is 22.1 Å². The molecule has 4 rings (SSSR count). The van der Waals surface area contributed by atoms with Gasteiger partial charge in [-0.1, -0.05) is 54.1 Å². The second-order valence-electron chi connectivity index (χ2n) is 7.19. The van der Waals surface area contributed by atoms with Crippen LogP contribution in [0.3, 0.4) is 0 Å². The van der Waals surface area contributed by atoms with E-state index in [0.717, 1.165) is 32.4 Å². The standard InChI is InChI=1S/C25H21ClFNS/c1-15-12-20(26)14-21(13-15)28-25-16(2)24(17(3)29-25)19-10-8-18(9-11-19)22-6-4-5-7-23(22)27/h4-14,28H,1-3H3. The third-order valence-corrected chi connectivity index (χ3v) is 6.32. The summed E-state index contributed by atoms with van der Waals surface area (Å²) in [7, 11) is 0. The van der Waals surface area contributed by atoms with Crippen molar-refractivity contribution in [3.63, 3.8) is 0 Å². The Labute approximate surface area is 179 Å². The van der Waals surface area contributed by atoms with Gasteiger partial charge in [-0.05, 0) is 67.3 Å². The maximum absolute atomic E-state index is 14.1. The summed E-state index contributed by atoms with van der Waals surface area (Å²) in [5.74, 6) is -0.202. The summed E-state index contributed by atoms with van der Waals surface area (Å²) in [5, 5.41) is 5.35. The minimum Gasteiger partial charge on any atom is -0.347 e. The average molecular weight is 422 g/mol. The van der Waals surface area contributed by atoms with Crippen LogP contribution in [0.25, 0.3) is 22.3 Å². The molecule has 0 fully saturated rings. The van der Waals surface area contributed by atoms with E-state index < -0.39 is 0 Å². The first kappa shape index (κ1) is 19.7. The molecule has 0 saturated heterocycles. The quantitative estimate of drug-likeness (QED) is 0.348. The number of hydrogen-bond acceptors (Lipinski definition) is 2. The summed E-state index contributed by atoms with van der Waals surface area (Å²) in [5.41, 5.74) is 7.16. The summed E-state index contributed by atoms with van der Waals surface area (Å²) in [6, 6.07) is 20.9. The first-order valence-electron chi connectivity index (χ1n) is 9.42. The Morgan fingerprint density at radius 1 is 0.862 bits per heavy atom. The van der Waals surface area contributed by atoms with Crippen LogP contribution in [-0.2, 0) is 0 Å². The highest BCUT2D eigenvalue weighted by Crippen LogP contribution is 2.41. The lowest BCUT2D eigenvalue weighted by molar-refractivity contribution is 0.631. The van der Waals surface area contributed by atoms with Gasteiger partial charge in [-0.25, -0.2) is 4.39 Å². The van der Waals surface area contributed by atoms with Gasteiger partial charge in [0.15, 0.2) is 0 Å². The first-order valence-corrected chi connectivity index (χ1v) is 10.6. The summed E-state index contributed by atoms with van der Waals surface area (Å²) in [6.45, 7) is 6.29. The highest BCUT2D eigenvalue weighted by Gasteiger charge is 2.15. The van der Waals surface area contributed by atoms with E-state index in [9.17, 15) is 4.39 Å². The molecule has 4 aromatic rings. The lowest BCUT2D eigenvalue weighted by Gasteiger charge is -2.09. The van der Waals surface area contributed by atoms with Crippen LogP contribution < -0.4 is 5.32 Å². The van der Waals surface area contributed by atoms with Gasteiger partial charge in [0.05, 0.1) is 5.00 Å². The van der Waals surface area contributed by atoms with Gasteiger partial charge in [0.1, 0.15) is 5.82 Å². The molecule has 0 aliphatic rings. The molecule has 1 N–H and O–H groups in total. The molecule has 1 nitrogen and oxygen atoms in total. The lowest BCUT2D eigenvalue weighted by Crippen LogP contribution is -1.91. The second-order valence-corrected chi connectivity index (χ2v) is 8.85. The normalized spacial score (nSPS) is 10.9. The van der Waals surface area contributed by atoms with Crippen LogP contribution in [0.1, 0.15) is 16.0 Å². The smallest absolute Gasteiger partial charge is 0.131 e. The average Bonchev–Trinajstić information content (AvgIpc) is 2.95. The molecule has 0 saturated carbocycles. The zero-order valence-corrected chi connectivity index (χ0v) is 18.1. The van der Waals surface area contributed by atoms with Gasteiger partial charge in [-0.2, -0.15) is 0 Å². The van der Waals surface area contributed by atoms with Crippen molar-refractivity contribution in [1.82, 2.24) is 0 Å². The molecule has 0 aliphatic heterocycles. The Balaban J connectivity index is 1.66. The molecule has 1 aromatic heterocycles. The monoisotopic (exact) mass is 421 g/mol. The van der Waals surface area contributed by atoms with E-state index in [0.29, 0.717) is 5.56 Å². The maximum Gasteiger partial charge on any atom is 0.131 e. The van der Waals surface area contributed by atoms with Crippen LogP contribution in [0.4, 0.5) is 15.1 Å². The van der Waals surface area contributed by atoms with Gasteiger partial charge in [0.2, 0.25) is 0 Å². The van der Waals surface area contributed by atoms with E-state index in [-0.39, 0.29) is 5.82 Å². The van der Waals surface area contributed by atoms with Crippen molar-refractivity contribution >= 4 is 33.6 Å². The van der Waals surface area contributed by atoms with Crippen LogP contribution in [-0.4, -0.2) is 0 Å². The zero-order valence-electron chi connectivity index (χ0n) is 16.5. The van der Waals surface area contributed by atoms with Crippen molar-refractivity contribution in [3.05, 3.63) is 93.6 Å². The lowest BCUT2D eigenvalue weighted by atomic mass is 9.98. The Morgan fingerprint density at radius 2 is 1.55 bits per heavy atom. The zero-order chi connectivity index (χ0) is 20.5. The number of hydrogen-bond donors (Lipinski definition) is 1. The van der Waals surface area contributed by atoms with Gasteiger partial charge in [-0.15, -0.1) is 11.3 Å². The number of benzene rings is 3. The predicted molar refractivity (Wildman–Crippen MR) is 124 cm³/mol. The molecule has 0 bridgehead atoms. The van der Waals surface area contributed by atoms with Crippen molar-refractivity contribution in [2.24, 2.45) is 0 Å². The van der Waals surface area contributed by atoms with E-state index >= 15 is 0 Å². The van der Waals surface area contributed by atoms with Gasteiger partial charge >= 0.3 is 0 Å².